The van der Waals surface area contributed by atoms with E-state index in [0.29, 0.717) is 17.2 Å². The molecule has 0 aromatic heterocycles. The number of unbranched alkanes of at least 4 members (excludes halogenated alkanes) is 4. The third kappa shape index (κ3) is 12.2. The van der Waals surface area contributed by atoms with Gasteiger partial charge in [-0.25, -0.2) is 4.79 Å². The zero-order valence-corrected chi connectivity index (χ0v) is 27.2. The molecular weight excluding hydrogens is 532 g/mol. The van der Waals surface area contributed by atoms with Crippen LogP contribution >= 0.6 is 0 Å². The highest BCUT2D eigenvalue weighted by molar-refractivity contribution is 5.91. The molecule has 2 fully saturated rings. The van der Waals surface area contributed by atoms with Gasteiger partial charge in [-0.2, -0.15) is 0 Å². The van der Waals surface area contributed by atoms with Gasteiger partial charge >= 0.3 is 5.97 Å². The first kappa shape index (κ1) is 33.4. The molecule has 2 aliphatic rings. The van der Waals surface area contributed by atoms with Gasteiger partial charge in [0.25, 0.3) is 0 Å². The van der Waals surface area contributed by atoms with Gasteiger partial charge < -0.3 is 14.2 Å². The topological polar surface area (TPSA) is 44.8 Å². The summed E-state index contributed by atoms with van der Waals surface area (Å²) in [5, 5.41) is 0. The maximum absolute atomic E-state index is 12.7. The van der Waals surface area contributed by atoms with E-state index in [1.807, 2.05) is 36.4 Å². The average molecular weight is 591 g/mol. The molecule has 0 saturated heterocycles. The number of hydrogen-bond acceptors (Lipinski definition) is 4. The average Bonchev–Trinajstić information content (AvgIpc) is 3.04. The molecule has 2 aromatic rings. The van der Waals surface area contributed by atoms with Crippen LogP contribution in [-0.4, -0.2) is 19.2 Å². The summed E-state index contributed by atoms with van der Waals surface area (Å²) in [7, 11) is 0. The van der Waals surface area contributed by atoms with E-state index in [9.17, 15) is 4.79 Å². The fourth-order valence-electron chi connectivity index (χ4n) is 7.09. The minimum absolute atomic E-state index is 0.360. The lowest BCUT2D eigenvalue weighted by molar-refractivity contribution is 0.0734. The number of carbonyl (C=O) groups is 1. The van der Waals surface area contributed by atoms with E-state index < -0.39 is 0 Å². The quantitative estimate of drug-likeness (QED) is 0.0984. The Labute approximate surface area is 262 Å². The van der Waals surface area contributed by atoms with Gasteiger partial charge in [0, 0.05) is 0 Å². The standard InChI is InChI=1S/C39H58O4/c1-3-5-7-10-31-13-15-33(16-14-31)12-9-29-41-36-25-27-38(28-26-36)43-39(40)35-21-23-37(24-22-35)42-30-34-19-17-32(18-20-34)11-8-6-4-2/h21-28,31-34H,3-20,29-30H2,1-2H3. The van der Waals surface area contributed by atoms with Crippen molar-refractivity contribution in [2.75, 3.05) is 13.2 Å². The van der Waals surface area contributed by atoms with Crippen LogP contribution < -0.4 is 14.2 Å². The molecule has 0 heterocycles. The van der Waals surface area contributed by atoms with Crippen LogP contribution in [0.3, 0.4) is 0 Å². The minimum atomic E-state index is -0.360. The largest absolute Gasteiger partial charge is 0.494 e. The van der Waals surface area contributed by atoms with Crippen LogP contribution in [0.4, 0.5) is 0 Å². The van der Waals surface area contributed by atoms with Crippen molar-refractivity contribution >= 4 is 5.97 Å². The zero-order chi connectivity index (χ0) is 30.1. The van der Waals surface area contributed by atoms with E-state index in [-0.39, 0.29) is 5.97 Å². The van der Waals surface area contributed by atoms with Crippen molar-refractivity contribution < 1.29 is 19.0 Å². The summed E-state index contributed by atoms with van der Waals surface area (Å²) >= 11 is 0. The normalized spacial score (nSPS) is 22.2. The van der Waals surface area contributed by atoms with Crippen LogP contribution in [0.1, 0.15) is 140 Å². The molecule has 2 aromatic carbocycles. The van der Waals surface area contributed by atoms with Gasteiger partial charge in [-0.15, -0.1) is 0 Å². The number of esters is 1. The second-order valence-corrected chi connectivity index (χ2v) is 13.5. The molecule has 0 N–H and O–H groups in total. The molecule has 0 atom stereocenters. The first-order valence-corrected chi connectivity index (χ1v) is 17.8. The maximum Gasteiger partial charge on any atom is 0.343 e. The van der Waals surface area contributed by atoms with Crippen molar-refractivity contribution in [3.63, 3.8) is 0 Å². The number of hydrogen-bond donors (Lipinski definition) is 0. The van der Waals surface area contributed by atoms with E-state index in [1.165, 1.54) is 109 Å². The Balaban J connectivity index is 1.08. The molecule has 43 heavy (non-hydrogen) atoms. The Morgan fingerprint density at radius 1 is 0.558 bits per heavy atom. The van der Waals surface area contributed by atoms with Gasteiger partial charge in [0.15, 0.2) is 0 Å². The lowest BCUT2D eigenvalue weighted by Crippen LogP contribution is -2.20. The van der Waals surface area contributed by atoms with Gasteiger partial charge in [-0.3, -0.25) is 0 Å². The predicted molar refractivity (Wildman–Crippen MR) is 177 cm³/mol. The molecule has 0 bridgehead atoms. The number of ether oxygens (including phenoxy) is 3. The third-order valence-electron chi connectivity index (χ3n) is 10.00. The van der Waals surface area contributed by atoms with Crippen molar-refractivity contribution in [3.05, 3.63) is 54.1 Å². The number of benzene rings is 2. The first-order chi connectivity index (χ1) is 21.1. The molecule has 0 amide bonds. The molecule has 2 saturated carbocycles. The molecule has 4 nitrogen and oxygen atoms in total. The highest BCUT2D eigenvalue weighted by atomic mass is 16.5. The molecule has 0 radical (unpaired) electrons. The fraction of sp³-hybridized carbons (Fsp3) is 0.667. The molecule has 2 aliphatic carbocycles. The van der Waals surface area contributed by atoms with Crippen LogP contribution in [0.15, 0.2) is 48.5 Å². The minimum Gasteiger partial charge on any atom is -0.494 e. The van der Waals surface area contributed by atoms with Gasteiger partial charge in [0.1, 0.15) is 17.2 Å². The van der Waals surface area contributed by atoms with Gasteiger partial charge in [-0.05, 0) is 97.9 Å². The lowest BCUT2D eigenvalue weighted by atomic mass is 9.78. The van der Waals surface area contributed by atoms with Gasteiger partial charge in [-0.1, -0.05) is 104 Å². The fourth-order valence-corrected chi connectivity index (χ4v) is 7.09. The third-order valence-corrected chi connectivity index (χ3v) is 10.00. The Morgan fingerprint density at radius 2 is 1.00 bits per heavy atom. The van der Waals surface area contributed by atoms with E-state index in [1.54, 1.807) is 12.1 Å². The second-order valence-electron chi connectivity index (χ2n) is 13.5. The van der Waals surface area contributed by atoms with Crippen molar-refractivity contribution in [1.82, 2.24) is 0 Å². The van der Waals surface area contributed by atoms with Crippen LogP contribution in [0.5, 0.6) is 17.2 Å². The molecule has 238 valence electrons. The summed E-state index contributed by atoms with van der Waals surface area (Å²) < 4.78 is 17.7. The molecular formula is C39H58O4. The summed E-state index contributed by atoms with van der Waals surface area (Å²) in [6.07, 6.45) is 24.3. The highest BCUT2D eigenvalue weighted by Gasteiger charge is 2.22. The van der Waals surface area contributed by atoms with Crippen molar-refractivity contribution in [2.24, 2.45) is 23.7 Å². The summed E-state index contributed by atoms with van der Waals surface area (Å²) in [6, 6.07) is 14.7. The monoisotopic (exact) mass is 590 g/mol. The Morgan fingerprint density at radius 3 is 1.53 bits per heavy atom. The van der Waals surface area contributed by atoms with Crippen LogP contribution in [0.2, 0.25) is 0 Å². The molecule has 0 unspecified atom stereocenters. The smallest absolute Gasteiger partial charge is 0.343 e. The highest BCUT2D eigenvalue weighted by Crippen LogP contribution is 2.35. The van der Waals surface area contributed by atoms with E-state index in [4.69, 9.17) is 14.2 Å². The number of rotatable bonds is 18. The van der Waals surface area contributed by atoms with Crippen molar-refractivity contribution in [1.29, 1.82) is 0 Å². The lowest BCUT2D eigenvalue weighted by Gasteiger charge is -2.28. The Hall–Kier alpha value is -2.49. The van der Waals surface area contributed by atoms with Crippen LogP contribution in [-0.2, 0) is 0 Å². The SMILES string of the molecule is CCCCCC1CCC(CCCOc2ccc(OC(=O)c3ccc(OCC4CCC(CCCCC)CC4)cc3)cc2)CC1. The zero-order valence-electron chi connectivity index (χ0n) is 27.2. The van der Waals surface area contributed by atoms with Gasteiger partial charge in [0.05, 0.1) is 18.8 Å². The van der Waals surface area contributed by atoms with E-state index in [2.05, 4.69) is 13.8 Å². The second kappa shape index (κ2) is 19.0. The molecule has 4 rings (SSSR count). The Kier molecular flexibility index (Phi) is 14.8. The summed E-state index contributed by atoms with van der Waals surface area (Å²) in [6.45, 7) is 6.07. The molecule has 0 aliphatic heterocycles. The first-order valence-electron chi connectivity index (χ1n) is 17.8. The van der Waals surface area contributed by atoms with Crippen LogP contribution in [0, 0.1) is 23.7 Å². The predicted octanol–water partition coefficient (Wildman–Crippen LogP) is 11.2. The summed E-state index contributed by atoms with van der Waals surface area (Å²) in [5.74, 6) is 5.22. The van der Waals surface area contributed by atoms with E-state index in [0.717, 1.165) is 48.9 Å². The molecule has 4 heteroatoms. The Bertz CT molecular complexity index is 1010. The number of carbonyl (C=O) groups excluding carboxylic acids is 1. The van der Waals surface area contributed by atoms with E-state index >= 15 is 0 Å². The van der Waals surface area contributed by atoms with Crippen molar-refractivity contribution in [2.45, 2.75) is 129 Å². The van der Waals surface area contributed by atoms with Crippen LogP contribution in [0.25, 0.3) is 0 Å². The maximum atomic E-state index is 12.7. The van der Waals surface area contributed by atoms with Crippen molar-refractivity contribution in [3.8, 4) is 17.2 Å². The summed E-state index contributed by atoms with van der Waals surface area (Å²) in [5.41, 5.74) is 0.523. The summed E-state index contributed by atoms with van der Waals surface area (Å²) in [4.78, 5) is 12.7. The van der Waals surface area contributed by atoms with Gasteiger partial charge in [0.2, 0.25) is 0 Å². The molecule has 0 spiro atoms.